The summed E-state index contributed by atoms with van der Waals surface area (Å²) in [5, 5.41) is 0.991. The third kappa shape index (κ3) is 6.20. The number of hydrogen-bond donors (Lipinski definition) is 1. The summed E-state index contributed by atoms with van der Waals surface area (Å²) in [4.78, 5) is 0.0558. The van der Waals surface area contributed by atoms with E-state index in [0.29, 0.717) is 33.7 Å². The molecule has 4 aromatic rings. The number of rotatable bonds is 9. The zero-order valence-corrected chi connectivity index (χ0v) is 22.1. The summed E-state index contributed by atoms with van der Waals surface area (Å²) >= 11 is 12.7. The van der Waals surface area contributed by atoms with Crippen LogP contribution < -0.4 is 14.2 Å². The average Bonchev–Trinajstić information content (AvgIpc) is 2.86. The van der Waals surface area contributed by atoms with Crippen molar-refractivity contribution in [2.45, 2.75) is 30.9 Å². The van der Waals surface area contributed by atoms with Crippen LogP contribution in [0.15, 0.2) is 102 Å². The van der Waals surface area contributed by atoms with Crippen LogP contribution in [0.4, 0.5) is 0 Å². The first-order valence-electron chi connectivity index (χ1n) is 11.3. The summed E-state index contributed by atoms with van der Waals surface area (Å²) < 4.78 is 41.3. The quantitative estimate of drug-likeness (QED) is 0.218. The van der Waals surface area contributed by atoms with E-state index in [9.17, 15) is 8.42 Å². The predicted octanol–water partition coefficient (Wildman–Crippen LogP) is 7.94. The van der Waals surface area contributed by atoms with Crippen LogP contribution in [0.1, 0.15) is 20.3 Å². The Balaban J connectivity index is 1.57. The second kappa shape index (κ2) is 10.9. The van der Waals surface area contributed by atoms with Gasteiger partial charge in [0.05, 0.1) is 9.92 Å². The van der Waals surface area contributed by atoms with Crippen molar-refractivity contribution in [1.29, 1.82) is 0 Å². The Morgan fingerprint density at radius 3 is 2.19 bits per heavy atom. The van der Waals surface area contributed by atoms with E-state index in [2.05, 4.69) is 4.72 Å². The molecule has 0 spiro atoms. The van der Waals surface area contributed by atoms with Crippen LogP contribution in [0.2, 0.25) is 10.0 Å². The molecule has 0 radical (unpaired) electrons. The van der Waals surface area contributed by atoms with Crippen molar-refractivity contribution in [3.63, 3.8) is 0 Å². The van der Waals surface area contributed by atoms with Crippen molar-refractivity contribution < 1.29 is 17.9 Å². The van der Waals surface area contributed by atoms with Gasteiger partial charge in [0.2, 0.25) is 10.0 Å². The molecule has 8 heteroatoms. The summed E-state index contributed by atoms with van der Waals surface area (Å²) in [5.74, 6) is 1.37. The van der Waals surface area contributed by atoms with Crippen LogP contribution in [-0.2, 0) is 10.0 Å². The van der Waals surface area contributed by atoms with Gasteiger partial charge >= 0.3 is 0 Å². The average molecular weight is 542 g/mol. The van der Waals surface area contributed by atoms with Gasteiger partial charge in [-0.2, -0.15) is 4.72 Å². The maximum Gasteiger partial charge on any atom is 0.243 e. The highest BCUT2D eigenvalue weighted by Crippen LogP contribution is 2.37. The van der Waals surface area contributed by atoms with E-state index in [1.807, 2.05) is 43.3 Å². The smallest absolute Gasteiger partial charge is 0.243 e. The van der Waals surface area contributed by atoms with Gasteiger partial charge in [-0.1, -0.05) is 78.7 Å². The molecule has 0 aliphatic carbocycles. The third-order valence-corrected chi connectivity index (χ3v) is 7.79. The molecule has 0 saturated heterocycles. The van der Waals surface area contributed by atoms with Crippen molar-refractivity contribution in [1.82, 2.24) is 4.72 Å². The van der Waals surface area contributed by atoms with Gasteiger partial charge in [-0.25, -0.2) is 8.42 Å². The van der Waals surface area contributed by atoms with E-state index in [4.69, 9.17) is 32.7 Å². The van der Waals surface area contributed by atoms with Crippen LogP contribution >= 0.6 is 23.2 Å². The molecule has 0 aliphatic rings. The number of sulfonamides is 1. The maximum atomic E-state index is 13.3. The van der Waals surface area contributed by atoms with Crippen LogP contribution in [0.5, 0.6) is 17.2 Å². The van der Waals surface area contributed by atoms with E-state index in [1.165, 1.54) is 12.1 Å². The Kier molecular flexibility index (Phi) is 7.91. The van der Waals surface area contributed by atoms with Crippen molar-refractivity contribution >= 4 is 33.2 Å². The van der Waals surface area contributed by atoms with Crippen molar-refractivity contribution in [2.24, 2.45) is 0 Å². The fourth-order valence-electron chi connectivity index (χ4n) is 3.52. The molecule has 0 bridgehead atoms. The van der Waals surface area contributed by atoms with E-state index in [1.54, 1.807) is 55.5 Å². The third-order valence-electron chi connectivity index (χ3n) is 5.57. The molecule has 0 saturated carbocycles. The van der Waals surface area contributed by atoms with Gasteiger partial charge in [0.15, 0.2) is 5.72 Å². The molecule has 0 heterocycles. The number of ether oxygens (including phenoxy) is 2. The van der Waals surface area contributed by atoms with Crippen molar-refractivity contribution in [2.75, 3.05) is 0 Å². The van der Waals surface area contributed by atoms with E-state index >= 15 is 0 Å². The molecule has 0 amide bonds. The summed E-state index contributed by atoms with van der Waals surface area (Å²) in [7, 11) is -3.96. The monoisotopic (exact) mass is 541 g/mol. The minimum atomic E-state index is -3.96. The molecule has 4 aromatic carbocycles. The number of halogens is 2. The van der Waals surface area contributed by atoms with E-state index in [0.717, 1.165) is 11.1 Å². The van der Waals surface area contributed by atoms with Crippen LogP contribution in [-0.4, -0.2) is 14.1 Å². The maximum absolute atomic E-state index is 13.3. The lowest BCUT2D eigenvalue weighted by atomic mass is 10.1. The molecule has 1 N–H and O–H groups in total. The van der Waals surface area contributed by atoms with Gasteiger partial charge in [0.1, 0.15) is 17.2 Å². The SMILES string of the molecule is CCC(C)(NS(=O)(=O)c1cccc(Oc2ccccc2)c1)Oc1cccc(-c2ccc(Cl)cc2)c1Cl. The summed E-state index contributed by atoms with van der Waals surface area (Å²) in [6, 6.07) is 28.1. The van der Waals surface area contributed by atoms with E-state index in [-0.39, 0.29) is 4.90 Å². The standard InChI is InChI=1S/C28H25Cl2NO4S/c1-3-28(2,35-26-14-8-13-25(27(26)30)20-15-17-21(29)18-16-20)31-36(32,33)24-12-7-11-23(19-24)34-22-9-5-4-6-10-22/h4-19,31H,3H2,1-2H3. The van der Waals surface area contributed by atoms with Gasteiger partial charge in [0.25, 0.3) is 0 Å². The molecular weight excluding hydrogens is 517 g/mol. The first-order valence-corrected chi connectivity index (χ1v) is 13.5. The molecule has 0 fully saturated rings. The van der Waals surface area contributed by atoms with Crippen molar-refractivity contribution in [3.8, 4) is 28.4 Å². The lowest BCUT2D eigenvalue weighted by Crippen LogP contribution is -2.50. The van der Waals surface area contributed by atoms with Crippen molar-refractivity contribution in [3.05, 3.63) is 107 Å². The first-order chi connectivity index (χ1) is 17.2. The second-order valence-electron chi connectivity index (χ2n) is 8.31. The van der Waals surface area contributed by atoms with Crippen LogP contribution in [0, 0.1) is 0 Å². The lowest BCUT2D eigenvalue weighted by Gasteiger charge is -2.31. The number of nitrogens with one attached hydrogen (secondary N) is 1. The molecule has 0 aromatic heterocycles. The molecule has 0 aliphatic heterocycles. The highest BCUT2D eigenvalue weighted by Gasteiger charge is 2.32. The Morgan fingerprint density at radius 1 is 0.833 bits per heavy atom. The minimum Gasteiger partial charge on any atom is -0.471 e. The highest BCUT2D eigenvalue weighted by molar-refractivity contribution is 7.89. The van der Waals surface area contributed by atoms with Gasteiger partial charge in [-0.15, -0.1) is 0 Å². The van der Waals surface area contributed by atoms with Crippen LogP contribution in [0.25, 0.3) is 11.1 Å². The normalized spacial score (nSPS) is 13.1. The van der Waals surface area contributed by atoms with Gasteiger partial charge in [0, 0.05) is 16.7 Å². The number of hydrogen-bond acceptors (Lipinski definition) is 4. The molecule has 1 atom stereocenters. The molecular formula is C28H25Cl2NO4S. The predicted molar refractivity (Wildman–Crippen MR) is 145 cm³/mol. The second-order valence-corrected chi connectivity index (χ2v) is 10.8. The Labute approximate surface area is 221 Å². The van der Waals surface area contributed by atoms with Gasteiger partial charge in [-0.05, 0) is 61.4 Å². The molecule has 4 rings (SSSR count). The Bertz CT molecular complexity index is 1440. The number of benzene rings is 4. The van der Waals surface area contributed by atoms with Gasteiger partial charge in [-0.3, -0.25) is 0 Å². The largest absolute Gasteiger partial charge is 0.471 e. The fourth-order valence-corrected chi connectivity index (χ4v) is 5.32. The Morgan fingerprint density at radius 2 is 1.50 bits per heavy atom. The lowest BCUT2D eigenvalue weighted by molar-refractivity contribution is 0.0729. The molecule has 186 valence electrons. The summed E-state index contributed by atoms with van der Waals surface area (Å²) in [5.41, 5.74) is 0.346. The zero-order valence-electron chi connectivity index (χ0n) is 19.7. The first kappa shape index (κ1) is 26.0. The molecule has 36 heavy (non-hydrogen) atoms. The molecule has 1 unspecified atom stereocenters. The topological polar surface area (TPSA) is 64.6 Å². The van der Waals surface area contributed by atoms with Crippen LogP contribution in [0.3, 0.4) is 0 Å². The fraction of sp³-hybridized carbons (Fsp3) is 0.143. The summed E-state index contributed by atoms with van der Waals surface area (Å²) in [6.45, 7) is 3.49. The highest BCUT2D eigenvalue weighted by atomic mass is 35.5. The van der Waals surface area contributed by atoms with E-state index < -0.39 is 15.7 Å². The Hall–Kier alpha value is -3.03. The number of para-hydroxylation sites is 1. The zero-order chi connectivity index (χ0) is 25.8. The van der Waals surface area contributed by atoms with Gasteiger partial charge < -0.3 is 9.47 Å². The summed E-state index contributed by atoms with van der Waals surface area (Å²) in [6.07, 6.45) is 0.341. The molecule has 5 nitrogen and oxygen atoms in total. The minimum absolute atomic E-state index is 0.0558.